The van der Waals surface area contributed by atoms with E-state index < -0.39 is 0 Å². The van der Waals surface area contributed by atoms with E-state index in [1.54, 1.807) is 12.4 Å². The zero-order valence-electron chi connectivity index (χ0n) is 13.0. The summed E-state index contributed by atoms with van der Waals surface area (Å²) in [6.07, 6.45) is 8.88. The van der Waals surface area contributed by atoms with Gasteiger partial charge in [-0.1, -0.05) is 11.6 Å². The van der Waals surface area contributed by atoms with Crippen molar-refractivity contribution in [2.45, 2.75) is 31.5 Å². The Balaban J connectivity index is 1.35. The predicted molar refractivity (Wildman–Crippen MR) is 87.2 cm³/mol. The van der Waals surface area contributed by atoms with Crippen LogP contribution in [-0.4, -0.2) is 55.3 Å². The minimum atomic E-state index is -0.291. The predicted octanol–water partition coefficient (Wildman–Crippen LogP) is 1.68. The molecule has 1 saturated carbocycles. The fraction of sp³-hybridized carbons (Fsp3) is 0.625. The molecule has 0 bridgehead atoms. The highest BCUT2D eigenvalue weighted by Crippen LogP contribution is 2.40. The third-order valence-electron chi connectivity index (χ3n) is 5.30. The molecule has 0 aromatic carbocycles. The monoisotopic (exact) mass is 335 g/mol. The summed E-state index contributed by atoms with van der Waals surface area (Å²) in [7, 11) is 0. The number of likely N-dealkylation sites (tertiary alicyclic amines) is 1. The van der Waals surface area contributed by atoms with Crippen molar-refractivity contribution in [1.82, 2.24) is 24.5 Å². The van der Waals surface area contributed by atoms with Crippen LogP contribution >= 0.6 is 11.6 Å². The maximum absolute atomic E-state index is 10.5. The van der Waals surface area contributed by atoms with Gasteiger partial charge in [-0.05, 0) is 30.7 Å². The van der Waals surface area contributed by atoms with Crippen LogP contribution in [0, 0.1) is 11.8 Å². The highest BCUT2D eigenvalue weighted by Gasteiger charge is 2.42. The van der Waals surface area contributed by atoms with Crippen LogP contribution in [0.5, 0.6) is 0 Å². The maximum Gasteiger partial charge on any atom is 0.0785 e. The number of aliphatic hydroxyl groups is 1. The van der Waals surface area contributed by atoms with Gasteiger partial charge in [-0.2, -0.15) is 10.2 Å². The van der Waals surface area contributed by atoms with Gasteiger partial charge in [-0.15, -0.1) is 0 Å². The van der Waals surface area contributed by atoms with Gasteiger partial charge in [0.2, 0.25) is 0 Å². The zero-order chi connectivity index (χ0) is 15.8. The number of hydrogen-bond acceptors (Lipinski definition) is 4. The number of hydrogen-bond donors (Lipinski definition) is 1. The standard InChI is InChI=1S/C16H22ClN5O/c17-14-8-19-21(11-14)5-4-20-9-12-6-15(22-3-1-2-18-22)16(23)7-13(12)10-20/h1-3,8,11-13,15-16,23H,4-7,9-10H2/t12-,13+,15-,16-/m1/s1. The Kier molecular flexibility index (Phi) is 4.13. The SMILES string of the molecule is O[C@@H]1C[C@H]2CN(CCn3cc(Cl)cn3)C[C@H]2C[C@H]1n1cccn1. The maximum atomic E-state index is 10.5. The van der Waals surface area contributed by atoms with E-state index in [-0.39, 0.29) is 12.1 Å². The van der Waals surface area contributed by atoms with E-state index in [1.807, 2.05) is 27.8 Å². The first kappa shape index (κ1) is 15.2. The van der Waals surface area contributed by atoms with Crippen LogP contribution in [0.2, 0.25) is 5.02 Å². The van der Waals surface area contributed by atoms with Crippen LogP contribution in [0.15, 0.2) is 30.9 Å². The average Bonchev–Trinajstić information content (AvgIpc) is 3.24. The number of nitrogens with zero attached hydrogens (tertiary/aromatic N) is 5. The molecule has 1 aliphatic heterocycles. The lowest BCUT2D eigenvalue weighted by atomic mass is 9.77. The molecular weight excluding hydrogens is 314 g/mol. The Labute approximate surface area is 140 Å². The summed E-state index contributed by atoms with van der Waals surface area (Å²) in [5, 5.41) is 19.7. The number of aromatic nitrogens is 4. The van der Waals surface area contributed by atoms with E-state index >= 15 is 0 Å². The fourth-order valence-electron chi connectivity index (χ4n) is 4.15. The van der Waals surface area contributed by atoms with Gasteiger partial charge < -0.3 is 10.0 Å². The lowest BCUT2D eigenvalue weighted by Crippen LogP contribution is -2.36. The molecule has 1 saturated heterocycles. The van der Waals surface area contributed by atoms with E-state index in [0.717, 1.165) is 39.0 Å². The highest BCUT2D eigenvalue weighted by molar-refractivity contribution is 6.30. The van der Waals surface area contributed by atoms with Crippen LogP contribution in [0.3, 0.4) is 0 Å². The molecule has 0 amide bonds. The summed E-state index contributed by atoms with van der Waals surface area (Å²) in [5.41, 5.74) is 0. The van der Waals surface area contributed by atoms with Crippen molar-refractivity contribution in [2.24, 2.45) is 11.8 Å². The second-order valence-electron chi connectivity index (χ2n) is 6.79. The van der Waals surface area contributed by atoms with Gasteiger partial charge in [0.05, 0.1) is 29.9 Å². The van der Waals surface area contributed by atoms with Crippen molar-refractivity contribution in [3.63, 3.8) is 0 Å². The Morgan fingerprint density at radius 1 is 1.17 bits per heavy atom. The molecule has 0 radical (unpaired) electrons. The number of fused-ring (bicyclic) bond motifs is 1. The molecular formula is C16H22ClN5O. The largest absolute Gasteiger partial charge is 0.391 e. The molecule has 7 heteroatoms. The van der Waals surface area contributed by atoms with Crippen molar-refractivity contribution in [1.29, 1.82) is 0 Å². The molecule has 2 fully saturated rings. The minimum absolute atomic E-state index is 0.121. The summed E-state index contributed by atoms with van der Waals surface area (Å²) in [6, 6.07) is 2.05. The van der Waals surface area contributed by atoms with Gasteiger partial charge in [0.15, 0.2) is 0 Å². The first-order chi connectivity index (χ1) is 11.2. The smallest absolute Gasteiger partial charge is 0.0785 e. The van der Waals surface area contributed by atoms with Gasteiger partial charge in [0.25, 0.3) is 0 Å². The molecule has 2 aliphatic rings. The molecule has 0 unspecified atom stereocenters. The molecule has 3 heterocycles. The normalized spacial score (nSPS) is 31.4. The fourth-order valence-corrected chi connectivity index (χ4v) is 4.31. The van der Waals surface area contributed by atoms with Gasteiger partial charge in [0.1, 0.15) is 0 Å². The molecule has 0 spiro atoms. The van der Waals surface area contributed by atoms with Crippen molar-refractivity contribution < 1.29 is 5.11 Å². The molecule has 124 valence electrons. The van der Waals surface area contributed by atoms with Gasteiger partial charge in [-0.25, -0.2) is 0 Å². The zero-order valence-corrected chi connectivity index (χ0v) is 13.8. The highest BCUT2D eigenvalue weighted by atomic mass is 35.5. The van der Waals surface area contributed by atoms with Gasteiger partial charge >= 0.3 is 0 Å². The number of halogens is 1. The molecule has 23 heavy (non-hydrogen) atoms. The van der Waals surface area contributed by atoms with Crippen LogP contribution < -0.4 is 0 Å². The summed E-state index contributed by atoms with van der Waals surface area (Å²) in [5.74, 6) is 1.24. The summed E-state index contributed by atoms with van der Waals surface area (Å²) >= 11 is 5.90. The second kappa shape index (κ2) is 6.26. The molecule has 1 N–H and O–H groups in total. The van der Waals surface area contributed by atoms with Crippen molar-refractivity contribution in [3.8, 4) is 0 Å². The average molecular weight is 336 g/mol. The number of aliphatic hydroxyl groups excluding tert-OH is 1. The van der Waals surface area contributed by atoms with Gasteiger partial charge in [-0.3, -0.25) is 9.36 Å². The molecule has 6 nitrogen and oxygen atoms in total. The van der Waals surface area contributed by atoms with Crippen molar-refractivity contribution in [3.05, 3.63) is 35.9 Å². The summed E-state index contributed by atoms with van der Waals surface area (Å²) < 4.78 is 3.82. The molecule has 4 rings (SSSR count). The Hall–Kier alpha value is -1.37. The molecule has 2 aromatic heterocycles. The van der Waals surface area contributed by atoms with Crippen LogP contribution in [0.1, 0.15) is 18.9 Å². The first-order valence-corrected chi connectivity index (χ1v) is 8.64. The van der Waals surface area contributed by atoms with Crippen molar-refractivity contribution in [2.75, 3.05) is 19.6 Å². The van der Waals surface area contributed by atoms with E-state index in [0.29, 0.717) is 16.9 Å². The topological polar surface area (TPSA) is 59.1 Å². The third-order valence-corrected chi connectivity index (χ3v) is 5.49. The lowest BCUT2D eigenvalue weighted by molar-refractivity contribution is 0.0306. The summed E-state index contributed by atoms with van der Waals surface area (Å²) in [6.45, 7) is 4.01. The second-order valence-corrected chi connectivity index (χ2v) is 7.23. The molecule has 2 aromatic rings. The van der Waals surface area contributed by atoms with E-state index in [1.165, 1.54) is 0 Å². The van der Waals surface area contributed by atoms with Crippen LogP contribution in [0.4, 0.5) is 0 Å². The summed E-state index contributed by atoms with van der Waals surface area (Å²) in [4.78, 5) is 2.49. The lowest BCUT2D eigenvalue weighted by Gasteiger charge is -2.35. The van der Waals surface area contributed by atoms with Crippen LogP contribution in [0.25, 0.3) is 0 Å². The van der Waals surface area contributed by atoms with E-state index in [2.05, 4.69) is 15.1 Å². The van der Waals surface area contributed by atoms with E-state index in [4.69, 9.17) is 11.6 Å². The van der Waals surface area contributed by atoms with E-state index in [9.17, 15) is 5.11 Å². The van der Waals surface area contributed by atoms with Crippen molar-refractivity contribution >= 4 is 11.6 Å². The van der Waals surface area contributed by atoms with Crippen LogP contribution in [-0.2, 0) is 6.54 Å². The Morgan fingerprint density at radius 2 is 2.00 bits per heavy atom. The quantitative estimate of drug-likeness (QED) is 0.923. The first-order valence-electron chi connectivity index (χ1n) is 8.26. The molecule has 4 atom stereocenters. The van der Waals surface area contributed by atoms with Gasteiger partial charge in [0, 0.05) is 38.2 Å². The Morgan fingerprint density at radius 3 is 2.70 bits per heavy atom. The third kappa shape index (κ3) is 3.16. The number of rotatable bonds is 4. The Bertz CT molecular complexity index is 643. The minimum Gasteiger partial charge on any atom is -0.391 e. The molecule has 1 aliphatic carbocycles.